The van der Waals surface area contributed by atoms with Crippen LogP contribution in [0.5, 0.6) is 5.75 Å². The van der Waals surface area contributed by atoms with E-state index in [-0.39, 0.29) is 6.61 Å². The number of benzene rings is 1. The number of nitriles is 1. The summed E-state index contributed by atoms with van der Waals surface area (Å²) in [4.78, 5) is 2.13. The average molecular weight is 353 g/mol. The van der Waals surface area contributed by atoms with Gasteiger partial charge in [0, 0.05) is 19.5 Å². The molecule has 6 heteroatoms. The molecule has 0 bridgehead atoms. The zero-order valence-electron chi connectivity index (χ0n) is 14.6. The summed E-state index contributed by atoms with van der Waals surface area (Å²) in [6.07, 6.45) is 1.19. The zero-order chi connectivity index (χ0) is 17.8. The Labute approximate surface area is 148 Å². The largest absolute Gasteiger partial charge is 0.616 e. The van der Waals surface area contributed by atoms with Gasteiger partial charge < -0.3 is 19.3 Å². The highest BCUT2D eigenvalue weighted by atomic mass is 32.2. The monoisotopic (exact) mass is 352 g/mol. The number of ether oxygens (including phenoxy) is 1. The van der Waals surface area contributed by atoms with Crippen LogP contribution in [0.15, 0.2) is 24.3 Å². The second kappa shape index (κ2) is 12.2. The van der Waals surface area contributed by atoms with Gasteiger partial charge in [-0.3, -0.25) is 0 Å². The van der Waals surface area contributed by atoms with Crippen molar-refractivity contribution < 1.29 is 14.4 Å². The van der Waals surface area contributed by atoms with Crippen LogP contribution in [0.4, 0.5) is 0 Å². The predicted molar refractivity (Wildman–Crippen MR) is 97.6 cm³/mol. The van der Waals surface area contributed by atoms with E-state index in [9.17, 15) is 9.66 Å². The highest BCUT2D eigenvalue weighted by Gasteiger charge is 2.13. The van der Waals surface area contributed by atoms with E-state index in [0.717, 1.165) is 31.7 Å². The van der Waals surface area contributed by atoms with Crippen molar-refractivity contribution in [3.05, 3.63) is 29.8 Å². The molecule has 2 atom stereocenters. The molecule has 0 spiro atoms. The fraction of sp³-hybridized carbons (Fsp3) is 0.611. The predicted octanol–water partition coefficient (Wildman–Crippen LogP) is 2.17. The summed E-state index contributed by atoms with van der Waals surface area (Å²) in [5.41, 5.74) is 0.468. The first-order valence-electron chi connectivity index (χ1n) is 8.48. The first-order valence-corrected chi connectivity index (χ1v) is 9.96. The number of likely N-dealkylation sites (N-methyl/N-ethyl adjacent to an activating group) is 1. The number of aliphatic hydroxyl groups excluding tert-OH is 1. The van der Waals surface area contributed by atoms with Crippen LogP contribution in [-0.2, 0) is 11.2 Å². The van der Waals surface area contributed by atoms with Crippen molar-refractivity contribution in [2.24, 2.45) is 0 Å². The SMILES string of the molecule is CCC[S+]([O-])CCCN(CC)CC(O)COc1ccccc1C#N. The Morgan fingerprint density at radius 1 is 1.33 bits per heavy atom. The highest BCUT2D eigenvalue weighted by molar-refractivity contribution is 7.91. The molecule has 0 aliphatic rings. The van der Waals surface area contributed by atoms with Gasteiger partial charge in [-0.2, -0.15) is 5.26 Å². The maximum atomic E-state index is 11.7. The summed E-state index contributed by atoms with van der Waals surface area (Å²) in [7, 11) is 0. The minimum Gasteiger partial charge on any atom is -0.616 e. The molecule has 0 heterocycles. The molecule has 5 nitrogen and oxygen atoms in total. The van der Waals surface area contributed by atoms with Gasteiger partial charge in [-0.15, -0.1) is 0 Å². The lowest BCUT2D eigenvalue weighted by atomic mass is 10.2. The average Bonchev–Trinajstić information content (AvgIpc) is 2.59. The molecule has 0 saturated heterocycles. The lowest BCUT2D eigenvalue weighted by Gasteiger charge is -2.24. The van der Waals surface area contributed by atoms with Crippen LogP contribution in [0.2, 0.25) is 0 Å². The molecule has 0 amide bonds. The molecule has 0 aliphatic heterocycles. The molecule has 1 rings (SSSR count). The van der Waals surface area contributed by atoms with E-state index in [1.165, 1.54) is 0 Å². The van der Waals surface area contributed by atoms with E-state index in [1.54, 1.807) is 24.3 Å². The minimum atomic E-state index is -0.728. The number of rotatable bonds is 12. The lowest BCUT2D eigenvalue weighted by Crippen LogP contribution is -2.36. The van der Waals surface area contributed by atoms with Gasteiger partial charge in [-0.05, 0) is 25.1 Å². The summed E-state index contributed by atoms with van der Waals surface area (Å²) in [5.74, 6) is 1.98. The Kier molecular flexibility index (Phi) is 10.5. The van der Waals surface area contributed by atoms with E-state index < -0.39 is 17.3 Å². The molecule has 0 aliphatic carbocycles. The van der Waals surface area contributed by atoms with E-state index in [2.05, 4.69) is 11.0 Å². The van der Waals surface area contributed by atoms with E-state index >= 15 is 0 Å². The molecule has 134 valence electrons. The molecular formula is C18H28N2O3S. The van der Waals surface area contributed by atoms with Crippen LogP contribution in [0.1, 0.15) is 32.3 Å². The molecule has 1 N–H and O–H groups in total. The molecule has 24 heavy (non-hydrogen) atoms. The van der Waals surface area contributed by atoms with Crippen molar-refractivity contribution >= 4 is 11.2 Å². The molecule has 1 aromatic carbocycles. The number of hydrogen-bond donors (Lipinski definition) is 1. The van der Waals surface area contributed by atoms with Crippen LogP contribution >= 0.6 is 0 Å². The maximum absolute atomic E-state index is 11.7. The number of para-hydroxylation sites is 1. The summed E-state index contributed by atoms with van der Waals surface area (Å²) in [6.45, 7) is 6.38. The van der Waals surface area contributed by atoms with Crippen molar-refractivity contribution in [2.75, 3.05) is 37.7 Å². The molecule has 0 saturated carbocycles. The van der Waals surface area contributed by atoms with Gasteiger partial charge in [0.05, 0.1) is 5.56 Å². The van der Waals surface area contributed by atoms with Crippen LogP contribution in [0, 0.1) is 11.3 Å². The first-order chi connectivity index (χ1) is 11.6. The first kappa shape index (κ1) is 20.8. The van der Waals surface area contributed by atoms with E-state index in [0.29, 0.717) is 23.6 Å². The topological polar surface area (TPSA) is 79.6 Å². The number of nitrogens with zero attached hydrogens (tertiary/aromatic N) is 2. The van der Waals surface area contributed by atoms with Crippen molar-refractivity contribution in [2.45, 2.75) is 32.8 Å². The lowest BCUT2D eigenvalue weighted by molar-refractivity contribution is 0.0699. The summed E-state index contributed by atoms with van der Waals surface area (Å²) >= 11 is -0.728. The standard InChI is InChI=1S/C18H28N2O3S/c1-3-11-24(22)12-7-10-20(4-2)14-17(21)15-23-18-9-6-5-8-16(18)13-19/h5-6,8-9,17,21H,3-4,7,10-12,14-15H2,1-2H3. The third-order valence-corrected chi connectivity index (χ3v) is 5.24. The van der Waals surface area contributed by atoms with Gasteiger partial charge in [0.25, 0.3) is 0 Å². The molecule has 0 aromatic heterocycles. The Morgan fingerprint density at radius 2 is 2.08 bits per heavy atom. The molecule has 0 fully saturated rings. The Morgan fingerprint density at radius 3 is 2.75 bits per heavy atom. The van der Waals surface area contributed by atoms with Gasteiger partial charge in [-0.25, -0.2) is 0 Å². The van der Waals surface area contributed by atoms with Crippen LogP contribution in [0.3, 0.4) is 0 Å². The summed E-state index contributed by atoms with van der Waals surface area (Å²) < 4.78 is 17.2. The number of aliphatic hydroxyl groups is 1. The van der Waals surface area contributed by atoms with Crippen molar-refractivity contribution in [1.82, 2.24) is 4.90 Å². The maximum Gasteiger partial charge on any atom is 0.137 e. The van der Waals surface area contributed by atoms with Gasteiger partial charge in [0.1, 0.15) is 36.0 Å². The third-order valence-electron chi connectivity index (χ3n) is 3.63. The Bertz CT molecular complexity index is 507. The quantitative estimate of drug-likeness (QED) is 0.583. The second-order valence-corrected chi connectivity index (χ2v) is 7.36. The van der Waals surface area contributed by atoms with Crippen LogP contribution in [0.25, 0.3) is 0 Å². The Balaban J connectivity index is 2.33. The highest BCUT2D eigenvalue weighted by Crippen LogP contribution is 2.16. The fourth-order valence-corrected chi connectivity index (χ4v) is 3.49. The van der Waals surface area contributed by atoms with Gasteiger partial charge in [0.2, 0.25) is 0 Å². The van der Waals surface area contributed by atoms with Gasteiger partial charge >= 0.3 is 0 Å². The second-order valence-electron chi connectivity index (χ2n) is 5.67. The van der Waals surface area contributed by atoms with Gasteiger partial charge in [0.15, 0.2) is 0 Å². The molecule has 0 radical (unpaired) electrons. The van der Waals surface area contributed by atoms with Crippen LogP contribution in [-0.4, -0.2) is 58.4 Å². The normalized spacial score (nSPS) is 13.5. The zero-order valence-corrected chi connectivity index (χ0v) is 15.4. The van der Waals surface area contributed by atoms with Crippen molar-refractivity contribution in [3.63, 3.8) is 0 Å². The fourth-order valence-electron chi connectivity index (χ4n) is 2.38. The summed E-state index contributed by atoms with van der Waals surface area (Å²) in [6, 6.07) is 9.08. The van der Waals surface area contributed by atoms with Crippen molar-refractivity contribution in [1.29, 1.82) is 5.26 Å². The van der Waals surface area contributed by atoms with E-state index in [4.69, 9.17) is 10.00 Å². The number of hydrogen-bond acceptors (Lipinski definition) is 5. The van der Waals surface area contributed by atoms with Gasteiger partial charge in [-0.1, -0.05) is 37.2 Å². The third kappa shape index (κ3) is 8.02. The molecular weight excluding hydrogens is 324 g/mol. The van der Waals surface area contributed by atoms with Crippen LogP contribution < -0.4 is 4.74 Å². The minimum absolute atomic E-state index is 0.150. The molecule has 2 unspecified atom stereocenters. The summed E-state index contributed by atoms with van der Waals surface area (Å²) in [5, 5.41) is 19.2. The van der Waals surface area contributed by atoms with E-state index in [1.807, 2.05) is 13.8 Å². The molecule has 1 aromatic rings. The Hall–Kier alpha value is -1.26. The van der Waals surface area contributed by atoms with Crippen molar-refractivity contribution in [3.8, 4) is 11.8 Å². The smallest absolute Gasteiger partial charge is 0.137 e.